The van der Waals surface area contributed by atoms with Gasteiger partial charge < -0.3 is 15.3 Å². The Labute approximate surface area is 128 Å². The molecule has 0 aromatic carbocycles. The van der Waals surface area contributed by atoms with Crippen molar-refractivity contribution in [3.8, 4) is 0 Å². The number of nitrogens with zero attached hydrogens (tertiary/aromatic N) is 3. The fraction of sp³-hybridized carbons (Fsp3) is 0.714. The number of anilines is 2. The van der Waals surface area contributed by atoms with Gasteiger partial charge in [0, 0.05) is 25.3 Å². The largest absolute Gasteiger partial charge is 0.395 e. The van der Waals surface area contributed by atoms with Gasteiger partial charge in [-0.25, -0.2) is 4.98 Å². The van der Waals surface area contributed by atoms with Crippen LogP contribution in [0.5, 0.6) is 0 Å². The summed E-state index contributed by atoms with van der Waals surface area (Å²) in [6.07, 6.45) is 7.70. The van der Waals surface area contributed by atoms with E-state index >= 15 is 0 Å². The summed E-state index contributed by atoms with van der Waals surface area (Å²) < 4.78 is 0.889. The van der Waals surface area contributed by atoms with Crippen molar-refractivity contribution >= 4 is 27.7 Å². The Morgan fingerprint density at radius 2 is 2.20 bits per heavy atom. The number of aliphatic hydroxyl groups is 1. The van der Waals surface area contributed by atoms with Gasteiger partial charge in [0.25, 0.3) is 0 Å². The summed E-state index contributed by atoms with van der Waals surface area (Å²) in [5, 5.41) is 12.6. The molecule has 1 aliphatic carbocycles. The van der Waals surface area contributed by atoms with E-state index in [1.807, 2.05) is 0 Å². The monoisotopic (exact) mass is 342 g/mol. The zero-order chi connectivity index (χ0) is 14.4. The van der Waals surface area contributed by atoms with Crippen LogP contribution in [0.25, 0.3) is 0 Å². The van der Waals surface area contributed by atoms with Crippen LogP contribution in [0.4, 0.5) is 11.8 Å². The molecule has 0 atom stereocenters. The lowest BCUT2D eigenvalue weighted by Gasteiger charge is -2.30. The van der Waals surface area contributed by atoms with Crippen LogP contribution in [-0.4, -0.2) is 40.8 Å². The van der Waals surface area contributed by atoms with Gasteiger partial charge >= 0.3 is 0 Å². The van der Waals surface area contributed by atoms with Gasteiger partial charge in [0.15, 0.2) is 0 Å². The van der Waals surface area contributed by atoms with E-state index < -0.39 is 0 Å². The highest BCUT2D eigenvalue weighted by atomic mass is 79.9. The number of halogens is 1. The molecule has 6 heteroatoms. The Hall–Kier alpha value is -0.880. The highest BCUT2D eigenvalue weighted by Gasteiger charge is 2.25. The maximum atomic E-state index is 9.34. The first-order valence-electron chi connectivity index (χ1n) is 7.40. The highest BCUT2D eigenvalue weighted by Crippen LogP contribution is 2.31. The van der Waals surface area contributed by atoms with Gasteiger partial charge in [0.05, 0.1) is 11.1 Å². The van der Waals surface area contributed by atoms with Gasteiger partial charge in [-0.3, -0.25) is 0 Å². The summed E-state index contributed by atoms with van der Waals surface area (Å²) in [5.41, 5.74) is 0. The van der Waals surface area contributed by atoms with Gasteiger partial charge in [-0.2, -0.15) is 4.98 Å². The van der Waals surface area contributed by atoms with Crippen LogP contribution in [0.2, 0.25) is 0 Å². The first-order chi connectivity index (χ1) is 9.76. The van der Waals surface area contributed by atoms with E-state index in [1.54, 1.807) is 6.20 Å². The second kappa shape index (κ2) is 7.78. The Morgan fingerprint density at radius 1 is 1.45 bits per heavy atom. The van der Waals surface area contributed by atoms with Crippen LogP contribution in [0, 0.1) is 0 Å². The van der Waals surface area contributed by atoms with Crippen molar-refractivity contribution in [2.45, 2.75) is 45.1 Å². The fourth-order valence-corrected chi connectivity index (χ4v) is 3.09. The number of rotatable bonds is 7. The van der Waals surface area contributed by atoms with E-state index in [1.165, 1.54) is 25.7 Å². The summed E-state index contributed by atoms with van der Waals surface area (Å²) >= 11 is 3.54. The molecule has 0 unspecified atom stereocenters. The van der Waals surface area contributed by atoms with E-state index in [4.69, 9.17) is 0 Å². The van der Waals surface area contributed by atoms with Crippen LogP contribution in [0.3, 0.4) is 0 Å². The molecular formula is C14H23BrN4O. The van der Waals surface area contributed by atoms with Crippen molar-refractivity contribution in [3.63, 3.8) is 0 Å². The normalized spacial score (nSPS) is 15.6. The topological polar surface area (TPSA) is 61.3 Å². The zero-order valence-corrected chi connectivity index (χ0v) is 13.6. The first kappa shape index (κ1) is 15.5. The zero-order valence-electron chi connectivity index (χ0n) is 12.0. The molecular weight excluding hydrogens is 320 g/mol. The van der Waals surface area contributed by atoms with Gasteiger partial charge in [0.1, 0.15) is 5.82 Å². The minimum Gasteiger partial charge on any atom is -0.395 e. The number of nitrogens with one attached hydrogen (secondary N) is 1. The van der Waals surface area contributed by atoms with Crippen molar-refractivity contribution in [3.05, 3.63) is 10.7 Å². The molecule has 2 rings (SSSR count). The van der Waals surface area contributed by atoms with Crippen LogP contribution >= 0.6 is 15.9 Å². The molecule has 1 aliphatic rings. The second-order valence-electron chi connectivity index (χ2n) is 5.15. The van der Waals surface area contributed by atoms with Crippen molar-refractivity contribution in [2.24, 2.45) is 0 Å². The average Bonchev–Trinajstić information content (AvgIpc) is 2.98. The van der Waals surface area contributed by atoms with Crippen LogP contribution < -0.4 is 10.2 Å². The predicted molar refractivity (Wildman–Crippen MR) is 85.2 cm³/mol. The lowest BCUT2D eigenvalue weighted by atomic mass is 10.2. The van der Waals surface area contributed by atoms with E-state index in [0.29, 0.717) is 18.5 Å². The highest BCUT2D eigenvalue weighted by molar-refractivity contribution is 9.10. The van der Waals surface area contributed by atoms with Crippen LogP contribution in [0.15, 0.2) is 10.7 Å². The molecule has 1 aromatic rings. The van der Waals surface area contributed by atoms with Crippen LogP contribution in [-0.2, 0) is 0 Å². The molecule has 2 N–H and O–H groups in total. The standard InChI is InChI=1S/C14H23BrN4O/c1-2-7-16-14-17-10-12(15)13(18-14)19(8-9-20)11-5-3-4-6-11/h10-11,20H,2-9H2,1H3,(H,16,17,18). The summed E-state index contributed by atoms with van der Waals surface area (Å²) in [6.45, 7) is 3.74. The van der Waals surface area contributed by atoms with Gasteiger partial charge in [-0.05, 0) is 35.2 Å². The third-order valence-corrected chi connectivity index (χ3v) is 4.20. The SMILES string of the molecule is CCCNc1ncc(Br)c(N(CCO)C2CCCC2)n1. The number of hydrogen-bond acceptors (Lipinski definition) is 5. The molecule has 1 aromatic heterocycles. The summed E-state index contributed by atoms with van der Waals surface area (Å²) in [7, 11) is 0. The molecule has 112 valence electrons. The summed E-state index contributed by atoms with van der Waals surface area (Å²) in [6, 6.07) is 0.479. The molecule has 5 nitrogen and oxygen atoms in total. The predicted octanol–water partition coefficient (Wildman–Crippen LogP) is 2.80. The molecule has 20 heavy (non-hydrogen) atoms. The maximum Gasteiger partial charge on any atom is 0.224 e. The third-order valence-electron chi connectivity index (χ3n) is 3.64. The number of hydrogen-bond donors (Lipinski definition) is 2. The van der Waals surface area contributed by atoms with Gasteiger partial charge in [-0.1, -0.05) is 19.8 Å². The molecule has 1 heterocycles. The molecule has 1 saturated carbocycles. The maximum absolute atomic E-state index is 9.34. The van der Waals surface area contributed by atoms with E-state index in [9.17, 15) is 5.11 Å². The average molecular weight is 343 g/mol. The minimum absolute atomic E-state index is 0.144. The number of aliphatic hydroxyl groups excluding tert-OH is 1. The van der Waals surface area contributed by atoms with Gasteiger partial charge in [-0.15, -0.1) is 0 Å². The molecule has 0 aliphatic heterocycles. The molecule has 0 spiro atoms. The molecule has 0 radical (unpaired) electrons. The van der Waals surface area contributed by atoms with Crippen molar-refractivity contribution < 1.29 is 5.11 Å². The molecule has 0 amide bonds. The lowest BCUT2D eigenvalue weighted by molar-refractivity contribution is 0.296. The quantitative estimate of drug-likeness (QED) is 0.797. The Kier molecular flexibility index (Phi) is 6.04. The Bertz CT molecular complexity index is 424. The summed E-state index contributed by atoms with van der Waals surface area (Å²) in [4.78, 5) is 11.1. The van der Waals surface area contributed by atoms with Crippen molar-refractivity contribution in [2.75, 3.05) is 29.9 Å². The molecule has 1 fully saturated rings. The summed E-state index contributed by atoms with van der Waals surface area (Å²) in [5.74, 6) is 1.55. The number of aromatic nitrogens is 2. The van der Waals surface area contributed by atoms with E-state index in [0.717, 1.165) is 23.3 Å². The Balaban J connectivity index is 2.21. The molecule has 0 saturated heterocycles. The van der Waals surface area contributed by atoms with Crippen molar-refractivity contribution in [1.29, 1.82) is 0 Å². The van der Waals surface area contributed by atoms with Crippen molar-refractivity contribution in [1.82, 2.24) is 9.97 Å². The Morgan fingerprint density at radius 3 is 2.85 bits per heavy atom. The third kappa shape index (κ3) is 3.82. The smallest absolute Gasteiger partial charge is 0.224 e. The van der Waals surface area contributed by atoms with Crippen LogP contribution in [0.1, 0.15) is 39.0 Å². The molecule has 0 bridgehead atoms. The lowest BCUT2D eigenvalue weighted by Crippen LogP contribution is -2.36. The second-order valence-corrected chi connectivity index (χ2v) is 6.00. The van der Waals surface area contributed by atoms with E-state index in [2.05, 4.69) is 43.0 Å². The van der Waals surface area contributed by atoms with E-state index in [-0.39, 0.29) is 6.61 Å². The first-order valence-corrected chi connectivity index (χ1v) is 8.19. The van der Waals surface area contributed by atoms with Gasteiger partial charge in [0.2, 0.25) is 5.95 Å². The minimum atomic E-state index is 0.144. The fourth-order valence-electron chi connectivity index (χ4n) is 2.67.